The first-order chi connectivity index (χ1) is 11.0. The SMILES string of the molecule is CC(C)[Si](OCC1(S(=O)(=O)C2(CBr)CC2)COC1)(C(C)C)C(C)C. The van der Waals surface area contributed by atoms with Crippen molar-refractivity contribution in [1.29, 1.82) is 0 Å². The molecule has 0 amide bonds. The van der Waals surface area contributed by atoms with Crippen molar-refractivity contribution < 1.29 is 17.6 Å². The number of hydrogen-bond donors (Lipinski definition) is 0. The Balaban J connectivity index is 2.27. The summed E-state index contributed by atoms with van der Waals surface area (Å²) in [4.78, 5) is 0. The van der Waals surface area contributed by atoms with Gasteiger partial charge in [-0.15, -0.1) is 0 Å². The van der Waals surface area contributed by atoms with E-state index in [1.54, 1.807) is 0 Å². The highest BCUT2D eigenvalue weighted by Crippen LogP contribution is 2.52. The summed E-state index contributed by atoms with van der Waals surface area (Å²) in [5, 5.41) is 0.519. The zero-order valence-electron chi connectivity index (χ0n) is 15.9. The molecule has 24 heavy (non-hydrogen) atoms. The van der Waals surface area contributed by atoms with Gasteiger partial charge in [0.2, 0.25) is 0 Å². The first-order valence-corrected chi connectivity index (χ1v) is 13.8. The first kappa shape index (κ1) is 20.9. The molecule has 0 bridgehead atoms. The highest BCUT2D eigenvalue weighted by atomic mass is 79.9. The predicted molar refractivity (Wildman–Crippen MR) is 105 cm³/mol. The maximum atomic E-state index is 13.3. The van der Waals surface area contributed by atoms with E-state index in [2.05, 4.69) is 57.5 Å². The van der Waals surface area contributed by atoms with Gasteiger partial charge in [-0.25, -0.2) is 8.42 Å². The van der Waals surface area contributed by atoms with Crippen LogP contribution >= 0.6 is 15.9 Å². The maximum absolute atomic E-state index is 13.3. The van der Waals surface area contributed by atoms with Crippen molar-refractivity contribution in [3.05, 3.63) is 0 Å². The third-order valence-corrected chi connectivity index (χ3v) is 16.9. The molecule has 1 aliphatic carbocycles. The molecule has 0 spiro atoms. The van der Waals surface area contributed by atoms with Gasteiger partial charge in [-0.1, -0.05) is 57.5 Å². The minimum atomic E-state index is -3.28. The van der Waals surface area contributed by atoms with Gasteiger partial charge in [0.1, 0.15) is 4.75 Å². The highest BCUT2D eigenvalue weighted by molar-refractivity contribution is 9.09. The van der Waals surface area contributed by atoms with E-state index in [4.69, 9.17) is 9.16 Å². The molecular formula is C17H33BrO4SSi. The Labute approximate surface area is 157 Å². The van der Waals surface area contributed by atoms with Gasteiger partial charge in [-0.05, 0) is 29.5 Å². The summed E-state index contributed by atoms with van der Waals surface area (Å²) >= 11 is 3.42. The molecule has 2 fully saturated rings. The Morgan fingerprint density at radius 2 is 1.46 bits per heavy atom. The predicted octanol–water partition coefficient (Wildman–Crippen LogP) is 4.29. The fraction of sp³-hybridized carbons (Fsp3) is 1.00. The van der Waals surface area contributed by atoms with E-state index in [1.807, 2.05) is 0 Å². The lowest BCUT2D eigenvalue weighted by Crippen LogP contribution is -2.64. The average Bonchev–Trinajstić information content (AvgIpc) is 3.21. The molecule has 2 rings (SSSR count). The quantitative estimate of drug-likeness (QED) is 0.396. The Bertz CT molecular complexity index is 529. The van der Waals surface area contributed by atoms with Gasteiger partial charge in [0.05, 0.1) is 24.6 Å². The molecule has 1 saturated carbocycles. The van der Waals surface area contributed by atoms with Crippen LogP contribution in [0.3, 0.4) is 0 Å². The fourth-order valence-electron chi connectivity index (χ4n) is 4.48. The molecular weight excluding hydrogens is 408 g/mol. The van der Waals surface area contributed by atoms with E-state index in [1.165, 1.54) is 0 Å². The number of sulfone groups is 1. The van der Waals surface area contributed by atoms with Gasteiger partial charge in [-0.2, -0.15) is 0 Å². The Morgan fingerprint density at radius 1 is 1.00 bits per heavy atom. The summed E-state index contributed by atoms with van der Waals surface area (Å²) in [7, 11) is -5.36. The molecule has 0 unspecified atom stereocenters. The van der Waals surface area contributed by atoms with Crippen LogP contribution in [0.1, 0.15) is 54.4 Å². The molecule has 0 atom stereocenters. The van der Waals surface area contributed by atoms with Crippen molar-refractivity contribution in [2.45, 2.75) is 80.5 Å². The molecule has 0 N–H and O–H groups in total. The molecule has 0 aromatic heterocycles. The van der Waals surface area contributed by atoms with E-state index >= 15 is 0 Å². The largest absolute Gasteiger partial charge is 0.414 e. The second kappa shape index (κ2) is 6.95. The van der Waals surface area contributed by atoms with Crippen molar-refractivity contribution in [3.63, 3.8) is 0 Å². The Kier molecular flexibility index (Phi) is 6.04. The lowest BCUT2D eigenvalue weighted by molar-refractivity contribution is -0.0354. The molecule has 1 aliphatic heterocycles. The second-order valence-corrected chi connectivity index (χ2v) is 17.4. The normalized spacial score (nSPS) is 22.9. The molecule has 0 aromatic carbocycles. The van der Waals surface area contributed by atoms with Crippen molar-refractivity contribution >= 4 is 34.1 Å². The summed E-state index contributed by atoms with van der Waals surface area (Å²) in [6, 6.07) is 0. The maximum Gasteiger partial charge on any atom is 0.200 e. The second-order valence-electron chi connectivity index (χ2n) is 8.60. The Morgan fingerprint density at radius 3 is 1.71 bits per heavy atom. The molecule has 7 heteroatoms. The minimum Gasteiger partial charge on any atom is -0.414 e. The average molecular weight is 442 g/mol. The molecule has 1 heterocycles. The fourth-order valence-corrected chi connectivity index (χ4v) is 14.0. The van der Waals surface area contributed by atoms with E-state index in [-0.39, 0.29) is 13.2 Å². The molecule has 2 aliphatic rings. The standard InChI is InChI=1S/C17H33BrO4SSi/c1-13(2)24(14(3)4,15(5)6)22-12-17(10-21-11-17)23(19,20)16(9-18)7-8-16/h13-15H,7-12H2,1-6H3. The van der Waals surface area contributed by atoms with Crippen LogP contribution in [0.4, 0.5) is 0 Å². The smallest absolute Gasteiger partial charge is 0.200 e. The van der Waals surface area contributed by atoms with Crippen LogP contribution in [0.2, 0.25) is 16.6 Å². The van der Waals surface area contributed by atoms with Gasteiger partial charge >= 0.3 is 0 Å². The summed E-state index contributed by atoms with van der Waals surface area (Å²) in [6.07, 6.45) is 1.51. The van der Waals surface area contributed by atoms with Crippen LogP contribution in [0, 0.1) is 0 Å². The van der Waals surface area contributed by atoms with Gasteiger partial charge < -0.3 is 9.16 Å². The van der Waals surface area contributed by atoms with Gasteiger partial charge in [-0.3, -0.25) is 0 Å². The van der Waals surface area contributed by atoms with Crippen molar-refractivity contribution in [2.75, 3.05) is 25.2 Å². The molecule has 0 aromatic rings. The molecule has 4 nitrogen and oxygen atoms in total. The topological polar surface area (TPSA) is 52.6 Å². The lowest BCUT2D eigenvalue weighted by atomic mass is 10.1. The monoisotopic (exact) mass is 440 g/mol. The van der Waals surface area contributed by atoms with Crippen LogP contribution in [0.15, 0.2) is 0 Å². The van der Waals surface area contributed by atoms with Crippen LogP contribution in [-0.2, 0) is 19.0 Å². The van der Waals surface area contributed by atoms with Gasteiger partial charge in [0.15, 0.2) is 18.2 Å². The Hall–Kier alpha value is 0.567. The number of rotatable bonds is 9. The van der Waals surface area contributed by atoms with Crippen LogP contribution in [0.25, 0.3) is 0 Å². The van der Waals surface area contributed by atoms with Crippen molar-refractivity contribution in [3.8, 4) is 0 Å². The van der Waals surface area contributed by atoms with E-state index in [9.17, 15) is 8.42 Å². The van der Waals surface area contributed by atoms with E-state index < -0.39 is 27.6 Å². The van der Waals surface area contributed by atoms with Crippen molar-refractivity contribution in [2.24, 2.45) is 0 Å². The first-order valence-electron chi connectivity index (χ1n) is 9.03. The number of alkyl halides is 1. The molecule has 0 radical (unpaired) electrons. The van der Waals surface area contributed by atoms with Crippen LogP contribution in [-0.4, -0.2) is 51.4 Å². The van der Waals surface area contributed by atoms with Crippen LogP contribution in [0.5, 0.6) is 0 Å². The summed E-state index contributed by atoms with van der Waals surface area (Å²) in [5.41, 5.74) is 1.35. The third-order valence-electron chi connectivity index (χ3n) is 6.21. The molecule has 1 saturated heterocycles. The summed E-state index contributed by atoms with van der Waals surface area (Å²) < 4.78 is 37.2. The number of hydrogen-bond acceptors (Lipinski definition) is 4. The summed E-state index contributed by atoms with van der Waals surface area (Å²) in [6.45, 7) is 14.2. The zero-order valence-corrected chi connectivity index (χ0v) is 19.3. The molecule has 142 valence electrons. The lowest BCUT2D eigenvalue weighted by Gasteiger charge is -2.48. The van der Waals surface area contributed by atoms with Crippen LogP contribution < -0.4 is 0 Å². The van der Waals surface area contributed by atoms with Gasteiger partial charge in [0.25, 0.3) is 0 Å². The van der Waals surface area contributed by atoms with E-state index in [0.29, 0.717) is 28.6 Å². The van der Waals surface area contributed by atoms with E-state index in [0.717, 1.165) is 12.8 Å². The minimum absolute atomic E-state index is 0.281. The summed E-state index contributed by atoms with van der Waals surface area (Å²) in [5.74, 6) is 0. The van der Waals surface area contributed by atoms with Gasteiger partial charge in [0, 0.05) is 5.33 Å². The number of ether oxygens (including phenoxy) is 1. The third kappa shape index (κ3) is 2.96. The van der Waals surface area contributed by atoms with Crippen molar-refractivity contribution in [1.82, 2.24) is 0 Å². The number of halogens is 1. The zero-order chi connectivity index (χ0) is 18.4. The highest BCUT2D eigenvalue weighted by Gasteiger charge is 2.65.